The van der Waals surface area contributed by atoms with Gasteiger partial charge in [-0.1, -0.05) is 12.1 Å². The number of carbonyl (C=O) groups excluding carboxylic acids is 1. The van der Waals surface area contributed by atoms with Crippen LogP contribution in [0, 0.1) is 20.8 Å². The molecule has 1 atom stereocenters. The molecular formula is C15H19NO. The van der Waals surface area contributed by atoms with E-state index in [9.17, 15) is 4.79 Å². The van der Waals surface area contributed by atoms with Crippen LogP contribution in [0.15, 0.2) is 17.1 Å². The molecule has 1 aromatic rings. The summed E-state index contributed by atoms with van der Waals surface area (Å²) in [5.74, 6) is 0.177. The molecule has 0 bridgehead atoms. The van der Waals surface area contributed by atoms with E-state index in [0.29, 0.717) is 0 Å². The molecule has 0 saturated heterocycles. The molecule has 0 N–H and O–H groups in total. The van der Waals surface area contributed by atoms with Gasteiger partial charge in [-0.2, -0.15) is 0 Å². The van der Waals surface area contributed by atoms with Crippen LogP contribution in [-0.2, 0) is 11.2 Å². The molecule has 0 amide bonds. The van der Waals surface area contributed by atoms with Crippen molar-refractivity contribution in [2.24, 2.45) is 4.99 Å². The maximum absolute atomic E-state index is 11.1. The van der Waals surface area contributed by atoms with Crippen molar-refractivity contribution in [3.05, 3.63) is 34.4 Å². The maximum Gasteiger partial charge on any atom is 0.159 e. The van der Waals surface area contributed by atoms with Crippen LogP contribution in [-0.4, -0.2) is 17.5 Å². The van der Waals surface area contributed by atoms with Gasteiger partial charge in [0, 0.05) is 5.71 Å². The van der Waals surface area contributed by atoms with Crippen molar-refractivity contribution in [1.29, 1.82) is 0 Å². The first-order chi connectivity index (χ1) is 7.99. The van der Waals surface area contributed by atoms with E-state index >= 15 is 0 Å². The first-order valence-corrected chi connectivity index (χ1v) is 6.13. The zero-order valence-electron chi connectivity index (χ0n) is 11.0. The number of ketones is 1. The quantitative estimate of drug-likeness (QED) is 0.780. The van der Waals surface area contributed by atoms with E-state index in [0.717, 1.165) is 18.6 Å². The summed E-state index contributed by atoms with van der Waals surface area (Å²) in [7, 11) is 0. The van der Waals surface area contributed by atoms with Gasteiger partial charge in [0.2, 0.25) is 0 Å². The van der Waals surface area contributed by atoms with Crippen LogP contribution in [0.4, 0.5) is 0 Å². The molecule has 1 aromatic carbocycles. The summed E-state index contributed by atoms with van der Waals surface area (Å²) in [6.45, 7) is 8.07. The van der Waals surface area contributed by atoms with E-state index in [1.807, 2.05) is 0 Å². The lowest BCUT2D eigenvalue weighted by atomic mass is 9.97. The Morgan fingerprint density at radius 1 is 1.18 bits per heavy atom. The summed E-state index contributed by atoms with van der Waals surface area (Å²) in [6, 6.07) is 4.41. The second kappa shape index (κ2) is 4.44. The van der Waals surface area contributed by atoms with Crippen molar-refractivity contribution < 1.29 is 4.79 Å². The number of nitrogens with zero attached hydrogens (tertiary/aromatic N) is 1. The SMILES string of the molecule is CC(=O)C1N=C1CCc1cc(C)c(C)c(C)c1. The van der Waals surface area contributed by atoms with Gasteiger partial charge in [-0.3, -0.25) is 9.79 Å². The number of aryl methyl sites for hydroxylation is 3. The number of hydrogen-bond acceptors (Lipinski definition) is 2. The average Bonchev–Trinajstić information content (AvgIpc) is 3.02. The van der Waals surface area contributed by atoms with Gasteiger partial charge >= 0.3 is 0 Å². The molecule has 0 fully saturated rings. The zero-order valence-corrected chi connectivity index (χ0v) is 11.0. The molecule has 1 aliphatic rings. The molecular weight excluding hydrogens is 210 g/mol. The van der Waals surface area contributed by atoms with Crippen LogP contribution in [0.5, 0.6) is 0 Å². The topological polar surface area (TPSA) is 29.4 Å². The Morgan fingerprint density at radius 3 is 2.24 bits per heavy atom. The minimum absolute atomic E-state index is 0.0809. The second-order valence-corrected chi connectivity index (χ2v) is 4.99. The van der Waals surface area contributed by atoms with Gasteiger partial charge in [0.05, 0.1) is 0 Å². The third-order valence-electron chi connectivity index (χ3n) is 3.58. The molecule has 1 aliphatic heterocycles. The molecule has 2 nitrogen and oxygen atoms in total. The lowest BCUT2D eigenvalue weighted by molar-refractivity contribution is -0.116. The van der Waals surface area contributed by atoms with E-state index in [4.69, 9.17) is 0 Å². The average molecular weight is 229 g/mol. The van der Waals surface area contributed by atoms with Crippen molar-refractivity contribution in [1.82, 2.24) is 0 Å². The molecule has 0 aliphatic carbocycles. The standard InChI is InChI=1S/C15H19NO/c1-9-7-13(8-10(2)11(9)3)5-6-14-15(16-14)12(4)17/h7-8,15H,5-6H2,1-4H3. The molecule has 0 radical (unpaired) electrons. The van der Waals surface area contributed by atoms with Gasteiger partial charge in [0.1, 0.15) is 6.04 Å². The lowest BCUT2D eigenvalue weighted by Crippen LogP contribution is -2.08. The molecule has 0 spiro atoms. The molecule has 17 heavy (non-hydrogen) atoms. The third-order valence-corrected chi connectivity index (χ3v) is 3.58. The first-order valence-electron chi connectivity index (χ1n) is 6.13. The minimum atomic E-state index is -0.0809. The smallest absolute Gasteiger partial charge is 0.159 e. The van der Waals surface area contributed by atoms with E-state index in [2.05, 4.69) is 37.9 Å². The summed E-state index contributed by atoms with van der Waals surface area (Å²) in [5.41, 5.74) is 6.50. The van der Waals surface area contributed by atoms with Gasteiger partial charge in [-0.05, 0) is 62.8 Å². The van der Waals surface area contributed by atoms with Crippen molar-refractivity contribution in [2.45, 2.75) is 46.6 Å². The number of Topliss-reactive ketones (excluding diaryl/α,β-unsaturated/α-hetero) is 1. The Bertz CT molecular complexity index is 477. The number of hydrogen-bond donors (Lipinski definition) is 0. The number of benzene rings is 1. The summed E-state index contributed by atoms with van der Waals surface area (Å²) in [5, 5.41) is 0. The zero-order chi connectivity index (χ0) is 12.6. The van der Waals surface area contributed by atoms with E-state index in [1.54, 1.807) is 6.92 Å². The summed E-state index contributed by atoms with van der Waals surface area (Å²) >= 11 is 0. The minimum Gasteiger partial charge on any atom is -0.297 e. The van der Waals surface area contributed by atoms with E-state index in [1.165, 1.54) is 22.3 Å². The van der Waals surface area contributed by atoms with E-state index in [-0.39, 0.29) is 11.8 Å². The van der Waals surface area contributed by atoms with Crippen LogP contribution in [0.1, 0.15) is 35.6 Å². The first kappa shape index (κ1) is 12.0. The Morgan fingerprint density at radius 2 is 1.76 bits per heavy atom. The third kappa shape index (κ3) is 2.63. The van der Waals surface area contributed by atoms with Gasteiger partial charge in [-0.15, -0.1) is 0 Å². The predicted octanol–water partition coefficient (Wildman–Crippen LogP) is 2.96. The Labute approximate surface area is 103 Å². The van der Waals surface area contributed by atoms with Crippen molar-refractivity contribution in [2.75, 3.05) is 0 Å². The fraction of sp³-hybridized carbons (Fsp3) is 0.467. The molecule has 0 aromatic heterocycles. The highest BCUT2D eigenvalue weighted by Gasteiger charge is 2.30. The highest BCUT2D eigenvalue weighted by Crippen LogP contribution is 2.21. The largest absolute Gasteiger partial charge is 0.297 e. The van der Waals surface area contributed by atoms with Gasteiger partial charge in [-0.25, -0.2) is 0 Å². The number of aliphatic imine (C=N–C) groups is 1. The Hall–Kier alpha value is -1.44. The van der Waals surface area contributed by atoms with Crippen LogP contribution in [0.2, 0.25) is 0 Å². The highest BCUT2D eigenvalue weighted by molar-refractivity contribution is 6.17. The second-order valence-electron chi connectivity index (χ2n) is 4.99. The Kier molecular flexibility index (Phi) is 3.14. The fourth-order valence-electron chi connectivity index (χ4n) is 2.20. The Balaban J connectivity index is 1.97. The summed E-state index contributed by atoms with van der Waals surface area (Å²) < 4.78 is 0. The van der Waals surface area contributed by atoms with Crippen LogP contribution in [0.3, 0.4) is 0 Å². The molecule has 1 unspecified atom stereocenters. The normalized spacial score (nSPS) is 17.9. The molecule has 1 heterocycles. The summed E-state index contributed by atoms with van der Waals surface area (Å²) in [4.78, 5) is 15.3. The monoisotopic (exact) mass is 229 g/mol. The molecule has 90 valence electrons. The van der Waals surface area contributed by atoms with Crippen molar-refractivity contribution >= 4 is 11.5 Å². The molecule has 0 saturated carbocycles. The van der Waals surface area contributed by atoms with Gasteiger partial charge in [0.25, 0.3) is 0 Å². The fourth-order valence-corrected chi connectivity index (χ4v) is 2.20. The lowest BCUT2D eigenvalue weighted by Gasteiger charge is -2.08. The van der Waals surface area contributed by atoms with Crippen molar-refractivity contribution in [3.63, 3.8) is 0 Å². The van der Waals surface area contributed by atoms with Crippen molar-refractivity contribution in [3.8, 4) is 0 Å². The van der Waals surface area contributed by atoms with Crippen LogP contribution >= 0.6 is 0 Å². The van der Waals surface area contributed by atoms with Crippen LogP contribution < -0.4 is 0 Å². The van der Waals surface area contributed by atoms with Gasteiger partial charge < -0.3 is 0 Å². The summed E-state index contributed by atoms with van der Waals surface area (Å²) in [6.07, 6.45) is 1.91. The number of rotatable bonds is 4. The predicted molar refractivity (Wildman–Crippen MR) is 70.9 cm³/mol. The van der Waals surface area contributed by atoms with E-state index < -0.39 is 0 Å². The van der Waals surface area contributed by atoms with Crippen LogP contribution in [0.25, 0.3) is 0 Å². The highest BCUT2D eigenvalue weighted by atomic mass is 16.1. The molecule has 2 rings (SSSR count). The number of carbonyl (C=O) groups is 1. The maximum atomic E-state index is 11.1. The molecule has 2 heteroatoms. The van der Waals surface area contributed by atoms with Gasteiger partial charge in [0.15, 0.2) is 5.78 Å².